The Morgan fingerprint density at radius 3 is 2.83 bits per heavy atom. The van der Waals surface area contributed by atoms with Gasteiger partial charge < -0.3 is 14.5 Å². The first-order valence-electron chi connectivity index (χ1n) is 7.91. The van der Waals surface area contributed by atoms with E-state index in [1.165, 1.54) is 5.56 Å². The summed E-state index contributed by atoms with van der Waals surface area (Å²) in [5, 5.41) is 3.03. The molecule has 0 aromatic carbocycles. The third kappa shape index (κ3) is 3.59. The molecular weight excluding hydrogens is 294 g/mol. The highest BCUT2D eigenvalue weighted by Crippen LogP contribution is 2.20. The lowest BCUT2D eigenvalue weighted by atomic mass is 9.95. The van der Waals surface area contributed by atoms with E-state index in [-0.39, 0.29) is 17.9 Å². The minimum Gasteiger partial charge on any atom is -0.435 e. The number of nitrogens with one attached hydrogen (secondary N) is 1. The molecular formula is C17H21N3O3. The van der Waals surface area contributed by atoms with Crippen LogP contribution in [-0.2, 0) is 17.6 Å². The van der Waals surface area contributed by atoms with Crippen LogP contribution < -0.4 is 5.32 Å². The van der Waals surface area contributed by atoms with Gasteiger partial charge in [-0.15, -0.1) is 0 Å². The van der Waals surface area contributed by atoms with Crippen LogP contribution in [0.15, 0.2) is 28.9 Å². The Kier molecular flexibility index (Phi) is 4.71. The van der Waals surface area contributed by atoms with Crippen molar-refractivity contribution >= 4 is 5.91 Å². The molecule has 0 aliphatic carbocycles. The highest BCUT2D eigenvalue weighted by molar-refractivity contribution is 5.92. The number of aromatic nitrogens is 2. The number of oxazole rings is 1. The summed E-state index contributed by atoms with van der Waals surface area (Å²) >= 11 is 0. The molecule has 0 bridgehead atoms. The van der Waals surface area contributed by atoms with Crippen LogP contribution in [0.5, 0.6) is 0 Å². The Morgan fingerprint density at radius 1 is 1.35 bits per heavy atom. The molecule has 0 saturated carbocycles. The van der Waals surface area contributed by atoms with Crippen LogP contribution in [0.1, 0.15) is 34.6 Å². The number of hydrogen-bond acceptors (Lipinski definition) is 5. The highest BCUT2D eigenvalue weighted by atomic mass is 16.5. The lowest BCUT2D eigenvalue weighted by Gasteiger charge is -2.18. The molecule has 3 heterocycles. The zero-order valence-electron chi connectivity index (χ0n) is 13.4. The molecule has 23 heavy (non-hydrogen) atoms. The van der Waals surface area contributed by atoms with Crippen LogP contribution in [0.2, 0.25) is 0 Å². The number of amides is 1. The fourth-order valence-electron chi connectivity index (χ4n) is 2.83. The van der Waals surface area contributed by atoms with Crippen molar-refractivity contribution in [1.29, 1.82) is 0 Å². The molecule has 0 unspecified atom stereocenters. The zero-order chi connectivity index (χ0) is 16.2. The highest BCUT2D eigenvalue weighted by Gasteiger charge is 2.31. The van der Waals surface area contributed by atoms with Gasteiger partial charge in [0.2, 0.25) is 5.76 Å². The van der Waals surface area contributed by atoms with Gasteiger partial charge >= 0.3 is 0 Å². The largest absolute Gasteiger partial charge is 0.435 e. The van der Waals surface area contributed by atoms with Crippen molar-refractivity contribution in [3.8, 4) is 0 Å². The molecule has 122 valence electrons. The van der Waals surface area contributed by atoms with Gasteiger partial charge in [-0.3, -0.25) is 9.78 Å². The molecule has 1 aliphatic rings. The number of carbonyl (C=O) groups excluding carboxylic acids is 1. The second kappa shape index (κ2) is 6.91. The summed E-state index contributed by atoms with van der Waals surface area (Å²) in [6, 6.07) is 3.96. The lowest BCUT2D eigenvalue weighted by molar-refractivity contribution is 0.0894. The fourth-order valence-corrected chi connectivity index (χ4v) is 2.83. The fraction of sp³-hybridized carbons (Fsp3) is 0.471. The normalized spacial score (nSPS) is 20.6. The molecule has 1 N–H and O–H groups in total. The summed E-state index contributed by atoms with van der Waals surface area (Å²) in [5.74, 6) is 0.917. The molecule has 2 aromatic rings. The topological polar surface area (TPSA) is 77.2 Å². The van der Waals surface area contributed by atoms with Gasteiger partial charge in [-0.2, -0.15) is 0 Å². The van der Waals surface area contributed by atoms with E-state index < -0.39 is 0 Å². The van der Waals surface area contributed by atoms with Crippen molar-refractivity contribution < 1.29 is 13.9 Å². The second-order valence-electron chi connectivity index (χ2n) is 5.81. The summed E-state index contributed by atoms with van der Waals surface area (Å²) in [5.41, 5.74) is 1.82. The summed E-state index contributed by atoms with van der Waals surface area (Å²) in [4.78, 5) is 20.7. The van der Waals surface area contributed by atoms with Gasteiger partial charge in [-0.1, -0.05) is 6.92 Å². The predicted molar refractivity (Wildman–Crippen MR) is 84.1 cm³/mol. The minimum absolute atomic E-state index is 0.0229. The van der Waals surface area contributed by atoms with E-state index in [2.05, 4.69) is 15.3 Å². The maximum absolute atomic E-state index is 12.4. The van der Waals surface area contributed by atoms with Gasteiger partial charge in [0.1, 0.15) is 0 Å². The van der Waals surface area contributed by atoms with Gasteiger partial charge in [0.25, 0.3) is 5.91 Å². The summed E-state index contributed by atoms with van der Waals surface area (Å²) < 4.78 is 11.1. The van der Waals surface area contributed by atoms with E-state index in [9.17, 15) is 4.79 Å². The summed E-state index contributed by atoms with van der Waals surface area (Å²) in [7, 11) is 0. The van der Waals surface area contributed by atoms with Crippen LogP contribution in [0.4, 0.5) is 0 Å². The molecule has 1 saturated heterocycles. The Balaban J connectivity index is 1.66. The van der Waals surface area contributed by atoms with Crippen LogP contribution in [0.25, 0.3) is 0 Å². The first-order chi connectivity index (χ1) is 11.2. The molecule has 2 aromatic heterocycles. The van der Waals surface area contributed by atoms with E-state index in [0.717, 1.165) is 6.42 Å². The van der Waals surface area contributed by atoms with Gasteiger partial charge in [-0.25, -0.2) is 4.98 Å². The monoisotopic (exact) mass is 315 g/mol. The maximum atomic E-state index is 12.4. The second-order valence-corrected chi connectivity index (χ2v) is 5.81. The lowest BCUT2D eigenvalue weighted by Crippen LogP contribution is -2.40. The predicted octanol–water partition coefficient (Wildman–Crippen LogP) is 1.93. The van der Waals surface area contributed by atoms with Gasteiger partial charge in [0.05, 0.1) is 24.9 Å². The number of hydrogen-bond donors (Lipinski definition) is 1. The van der Waals surface area contributed by atoms with Crippen molar-refractivity contribution in [3.63, 3.8) is 0 Å². The van der Waals surface area contributed by atoms with E-state index in [4.69, 9.17) is 9.15 Å². The SMILES string of the molecule is CCc1nc(C)c(C(=O)N[C@@H]2COC[C@H]2Cc2ccncc2)o1. The number of carbonyl (C=O) groups is 1. The number of aryl methyl sites for hydroxylation is 2. The Morgan fingerprint density at radius 2 is 2.13 bits per heavy atom. The van der Waals surface area contributed by atoms with E-state index in [1.54, 1.807) is 19.3 Å². The van der Waals surface area contributed by atoms with Crippen molar-refractivity contribution in [2.24, 2.45) is 5.92 Å². The first kappa shape index (κ1) is 15.7. The molecule has 0 radical (unpaired) electrons. The number of ether oxygens (including phenoxy) is 1. The Bertz CT molecular complexity index is 669. The third-order valence-electron chi connectivity index (χ3n) is 4.11. The standard InChI is InChI=1S/C17H21N3O3/c1-3-15-19-11(2)16(23-15)17(21)20-14-10-22-9-13(14)8-12-4-6-18-7-5-12/h4-7,13-14H,3,8-10H2,1-2H3,(H,20,21)/t13-,14-/m1/s1. The summed E-state index contributed by atoms with van der Waals surface area (Å²) in [6.07, 6.45) is 5.08. The Labute approximate surface area is 135 Å². The van der Waals surface area contributed by atoms with Crippen LogP contribution in [0, 0.1) is 12.8 Å². The van der Waals surface area contributed by atoms with Crippen molar-refractivity contribution in [2.75, 3.05) is 13.2 Å². The van der Waals surface area contributed by atoms with Gasteiger partial charge in [0, 0.05) is 24.7 Å². The molecule has 3 rings (SSSR count). The number of pyridine rings is 1. The van der Waals surface area contributed by atoms with Gasteiger partial charge in [0.15, 0.2) is 5.89 Å². The Hall–Kier alpha value is -2.21. The maximum Gasteiger partial charge on any atom is 0.289 e. The summed E-state index contributed by atoms with van der Waals surface area (Å²) in [6.45, 7) is 4.90. The number of nitrogens with zero attached hydrogens (tertiary/aromatic N) is 2. The van der Waals surface area contributed by atoms with Crippen LogP contribution >= 0.6 is 0 Å². The molecule has 6 nitrogen and oxygen atoms in total. The molecule has 2 atom stereocenters. The van der Waals surface area contributed by atoms with Crippen LogP contribution in [-0.4, -0.2) is 35.1 Å². The van der Waals surface area contributed by atoms with E-state index in [1.807, 2.05) is 19.1 Å². The first-order valence-corrected chi connectivity index (χ1v) is 7.91. The molecule has 6 heteroatoms. The van der Waals surface area contributed by atoms with Crippen LogP contribution in [0.3, 0.4) is 0 Å². The van der Waals surface area contributed by atoms with E-state index in [0.29, 0.717) is 37.0 Å². The smallest absolute Gasteiger partial charge is 0.289 e. The molecule has 1 fully saturated rings. The number of rotatable bonds is 5. The third-order valence-corrected chi connectivity index (χ3v) is 4.11. The molecule has 0 spiro atoms. The van der Waals surface area contributed by atoms with Crippen molar-refractivity contribution in [1.82, 2.24) is 15.3 Å². The van der Waals surface area contributed by atoms with E-state index >= 15 is 0 Å². The average molecular weight is 315 g/mol. The van der Waals surface area contributed by atoms with Crippen molar-refractivity contribution in [3.05, 3.63) is 47.4 Å². The average Bonchev–Trinajstić information content (AvgIpc) is 3.15. The molecule has 1 amide bonds. The zero-order valence-corrected chi connectivity index (χ0v) is 13.4. The van der Waals surface area contributed by atoms with Crippen molar-refractivity contribution in [2.45, 2.75) is 32.7 Å². The van der Waals surface area contributed by atoms with Gasteiger partial charge in [-0.05, 0) is 31.0 Å². The molecule has 1 aliphatic heterocycles. The quantitative estimate of drug-likeness (QED) is 0.912. The minimum atomic E-state index is -0.218.